The molecule has 4 nitrogen and oxygen atoms in total. The second-order valence-electron chi connectivity index (χ2n) is 2.22. The summed E-state index contributed by atoms with van der Waals surface area (Å²) < 4.78 is 4.68. The molecule has 0 aromatic rings. The highest BCUT2D eigenvalue weighted by Crippen LogP contribution is 2.13. The van der Waals surface area contributed by atoms with Crippen molar-refractivity contribution in [2.24, 2.45) is 0 Å². The summed E-state index contributed by atoms with van der Waals surface area (Å²) in [5.74, 6) is 0. The average Bonchev–Trinajstić information content (AvgIpc) is 2.33. The summed E-state index contributed by atoms with van der Waals surface area (Å²) >= 11 is 0. The highest BCUT2D eigenvalue weighted by atomic mass is 16.6. The maximum Gasteiger partial charge on any atom is 0.414 e. The summed E-state index contributed by atoms with van der Waals surface area (Å²) in [4.78, 5) is 22.2. The van der Waals surface area contributed by atoms with Gasteiger partial charge < -0.3 is 9.53 Å². The Bertz CT molecular complexity index is 190. The van der Waals surface area contributed by atoms with Crippen LogP contribution in [0.5, 0.6) is 0 Å². The van der Waals surface area contributed by atoms with Crippen molar-refractivity contribution in [3.05, 3.63) is 12.8 Å². The molecule has 60 valence electrons. The van der Waals surface area contributed by atoms with Gasteiger partial charge in [0.1, 0.15) is 12.9 Å². The van der Waals surface area contributed by atoms with E-state index in [1.807, 2.05) is 0 Å². The summed E-state index contributed by atoms with van der Waals surface area (Å²) in [5.41, 5.74) is 0. The van der Waals surface area contributed by atoms with E-state index in [2.05, 4.69) is 11.3 Å². The van der Waals surface area contributed by atoms with Crippen LogP contribution in [0.15, 0.2) is 12.8 Å². The molecule has 1 heterocycles. The zero-order valence-electron chi connectivity index (χ0n) is 6.03. The Morgan fingerprint density at radius 2 is 2.55 bits per heavy atom. The number of nitrogens with zero attached hydrogens (tertiary/aromatic N) is 1. The third kappa shape index (κ3) is 1.39. The second kappa shape index (κ2) is 3.18. The number of hydrogen-bond acceptors (Lipinski definition) is 3. The maximum atomic E-state index is 10.8. The van der Waals surface area contributed by atoms with Crippen molar-refractivity contribution in [3.8, 4) is 0 Å². The molecule has 0 bridgehead atoms. The molecule has 4 heteroatoms. The van der Waals surface area contributed by atoms with E-state index in [1.54, 1.807) is 0 Å². The van der Waals surface area contributed by atoms with E-state index in [0.717, 1.165) is 6.29 Å². The van der Waals surface area contributed by atoms with Crippen LogP contribution in [-0.2, 0) is 9.53 Å². The first-order valence-corrected chi connectivity index (χ1v) is 3.31. The minimum Gasteiger partial charge on any atom is -0.447 e. The Hall–Kier alpha value is -1.32. The van der Waals surface area contributed by atoms with Gasteiger partial charge in [-0.2, -0.15) is 0 Å². The zero-order valence-corrected chi connectivity index (χ0v) is 6.03. The van der Waals surface area contributed by atoms with Gasteiger partial charge in [0, 0.05) is 12.6 Å². The molecule has 0 aromatic carbocycles. The van der Waals surface area contributed by atoms with Crippen LogP contribution in [0.4, 0.5) is 4.79 Å². The number of amides is 1. The van der Waals surface area contributed by atoms with Crippen LogP contribution in [0, 0.1) is 0 Å². The van der Waals surface area contributed by atoms with Gasteiger partial charge in [-0.25, -0.2) is 4.79 Å². The predicted molar refractivity (Wildman–Crippen MR) is 37.9 cm³/mol. The molecule has 0 spiro atoms. The number of carbonyl (C=O) groups is 2. The molecule has 1 aliphatic heterocycles. The van der Waals surface area contributed by atoms with Crippen molar-refractivity contribution >= 4 is 12.4 Å². The molecule has 0 aliphatic carbocycles. The lowest BCUT2D eigenvalue weighted by molar-refractivity contribution is -0.108. The van der Waals surface area contributed by atoms with Crippen LogP contribution in [-0.4, -0.2) is 29.9 Å². The van der Waals surface area contributed by atoms with Gasteiger partial charge in [0.05, 0.1) is 6.04 Å². The number of carbonyl (C=O) groups excluding carboxylic acids is 2. The van der Waals surface area contributed by atoms with Crippen LogP contribution in [0.1, 0.15) is 6.42 Å². The van der Waals surface area contributed by atoms with E-state index in [1.165, 1.54) is 11.1 Å². The largest absolute Gasteiger partial charge is 0.447 e. The SMILES string of the molecule is C=CN1C(=O)OCC1CC=O. The number of rotatable bonds is 3. The van der Waals surface area contributed by atoms with Crippen molar-refractivity contribution in [3.63, 3.8) is 0 Å². The van der Waals surface area contributed by atoms with Gasteiger partial charge in [-0.3, -0.25) is 4.90 Å². The summed E-state index contributed by atoms with van der Waals surface area (Å²) in [5, 5.41) is 0. The van der Waals surface area contributed by atoms with Gasteiger partial charge in [-0.1, -0.05) is 6.58 Å². The van der Waals surface area contributed by atoms with E-state index in [4.69, 9.17) is 0 Å². The van der Waals surface area contributed by atoms with Crippen molar-refractivity contribution in [1.29, 1.82) is 0 Å². The third-order valence-corrected chi connectivity index (χ3v) is 1.57. The fourth-order valence-corrected chi connectivity index (χ4v) is 0.988. The summed E-state index contributed by atoms with van der Waals surface area (Å²) in [7, 11) is 0. The zero-order chi connectivity index (χ0) is 8.27. The van der Waals surface area contributed by atoms with E-state index in [-0.39, 0.29) is 12.6 Å². The molecule has 1 rings (SSSR count). The molecule has 11 heavy (non-hydrogen) atoms. The molecule has 0 aromatic heterocycles. The van der Waals surface area contributed by atoms with Crippen molar-refractivity contribution in [2.45, 2.75) is 12.5 Å². The summed E-state index contributed by atoms with van der Waals surface area (Å²) in [6.45, 7) is 3.72. The number of aldehydes is 1. The van der Waals surface area contributed by atoms with E-state index in [0.29, 0.717) is 6.42 Å². The van der Waals surface area contributed by atoms with Gasteiger partial charge in [-0.15, -0.1) is 0 Å². The molecule has 1 atom stereocenters. The minimum absolute atomic E-state index is 0.155. The monoisotopic (exact) mass is 155 g/mol. The van der Waals surface area contributed by atoms with Crippen LogP contribution in [0.25, 0.3) is 0 Å². The minimum atomic E-state index is -0.424. The topological polar surface area (TPSA) is 46.6 Å². The summed E-state index contributed by atoms with van der Waals surface area (Å²) in [6.07, 6.45) is 2.02. The molecule has 1 aliphatic rings. The average molecular weight is 155 g/mol. The lowest BCUT2D eigenvalue weighted by Gasteiger charge is -2.12. The van der Waals surface area contributed by atoms with Crippen LogP contribution < -0.4 is 0 Å². The predicted octanol–water partition coefficient (Wildman–Crippen LogP) is 0.540. The number of hydrogen-bond donors (Lipinski definition) is 0. The quantitative estimate of drug-likeness (QED) is 0.559. The first-order chi connectivity index (χ1) is 5.29. The highest BCUT2D eigenvalue weighted by Gasteiger charge is 2.30. The maximum absolute atomic E-state index is 10.8. The fourth-order valence-electron chi connectivity index (χ4n) is 0.988. The molecule has 0 N–H and O–H groups in total. The van der Waals surface area contributed by atoms with Crippen LogP contribution in [0.3, 0.4) is 0 Å². The number of cyclic esters (lactones) is 1. The summed E-state index contributed by atoms with van der Waals surface area (Å²) in [6, 6.07) is -0.155. The standard InChI is InChI=1S/C7H9NO3/c1-2-8-6(3-4-9)5-11-7(8)10/h2,4,6H,1,3,5H2. The van der Waals surface area contributed by atoms with Gasteiger partial charge in [0.15, 0.2) is 0 Å². The smallest absolute Gasteiger partial charge is 0.414 e. The molecule has 1 unspecified atom stereocenters. The first kappa shape index (κ1) is 7.78. The fraction of sp³-hybridized carbons (Fsp3) is 0.429. The van der Waals surface area contributed by atoms with Crippen molar-refractivity contribution in [1.82, 2.24) is 4.90 Å². The van der Waals surface area contributed by atoms with Gasteiger partial charge >= 0.3 is 6.09 Å². The Labute approximate surface area is 64.4 Å². The van der Waals surface area contributed by atoms with Crippen molar-refractivity contribution < 1.29 is 14.3 Å². The van der Waals surface area contributed by atoms with E-state index >= 15 is 0 Å². The Balaban J connectivity index is 2.60. The molecular weight excluding hydrogens is 146 g/mol. The van der Waals surface area contributed by atoms with Crippen molar-refractivity contribution in [2.75, 3.05) is 6.61 Å². The van der Waals surface area contributed by atoms with Gasteiger partial charge in [0.25, 0.3) is 0 Å². The van der Waals surface area contributed by atoms with Gasteiger partial charge in [0.2, 0.25) is 0 Å². The molecule has 1 saturated heterocycles. The van der Waals surface area contributed by atoms with Gasteiger partial charge in [-0.05, 0) is 0 Å². The Morgan fingerprint density at radius 3 is 3.09 bits per heavy atom. The molecule has 1 fully saturated rings. The molecule has 0 radical (unpaired) electrons. The van der Waals surface area contributed by atoms with E-state index in [9.17, 15) is 9.59 Å². The van der Waals surface area contributed by atoms with E-state index < -0.39 is 6.09 Å². The normalized spacial score (nSPS) is 23.1. The number of ether oxygens (including phenoxy) is 1. The second-order valence-corrected chi connectivity index (χ2v) is 2.22. The first-order valence-electron chi connectivity index (χ1n) is 3.31. The third-order valence-electron chi connectivity index (χ3n) is 1.57. The lowest BCUT2D eigenvalue weighted by atomic mass is 10.2. The molecular formula is C7H9NO3. The highest BCUT2D eigenvalue weighted by molar-refractivity contribution is 5.72. The lowest BCUT2D eigenvalue weighted by Crippen LogP contribution is -2.28. The molecule has 1 amide bonds. The van der Waals surface area contributed by atoms with Crippen LogP contribution in [0.2, 0.25) is 0 Å². The Morgan fingerprint density at radius 1 is 1.82 bits per heavy atom. The molecule has 0 saturated carbocycles. The Kier molecular flexibility index (Phi) is 2.25. The van der Waals surface area contributed by atoms with Crippen LogP contribution >= 0.6 is 0 Å².